The standard InChI is InChI=1S/C32H40N6O2/c1-36-18-14-24(15-19-36)37(2)21-32(39)16-12-25(13-17-32)38-20-28(29-30(33)34-22-35-31(29)38)23-8-10-27(11-9-23)40-26-6-4-3-5-7-26/h3-11,20,22,24-25,39H,12-19,21H2,1-2H3,(H2,33,34,35). The summed E-state index contributed by atoms with van der Waals surface area (Å²) in [5.41, 5.74) is 8.67. The lowest BCUT2D eigenvalue weighted by Gasteiger charge is -2.42. The van der Waals surface area contributed by atoms with E-state index in [9.17, 15) is 5.11 Å². The van der Waals surface area contributed by atoms with E-state index in [1.54, 1.807) is 6.33 Å². The number of hydrogen-bond donors (Lipinski definition) is 2. The predicted molar refractivity (Wildman–Crippen MR) is 159 cm³/mol. The average molecular weight is 541 g/mol. The number of para-hydroxylation sites is 1. The minimum Gasteiger partial charge on any atom is -0.457 e. The fraction of sp³-hybridized carbons (Fsp3) is 0.438. The van der Waals surface area contributed by atoms with Gasteiger partial charge in [0.15, 0.2) is 0 Å². The van der Waals surface area contributed by atoms with Crippen LogP contribution in [0.4, 0.5) is 5.82 Å². The molecule has 2 aromatic heterocycles. The maximum Gasteiger partial charge on any atom is 0.146 e. The van der Waals surface area contributed by atoms with Crippen molar-refractivity contribution >= 4 is 16.9 Å². The number of benzene rings is 2. The van der Waals surface area contributed by atoms with Crippen LogP contribution >= 0.6 is 0 Å². The van der Waals surface area contributed by atoms with Crippen LogP contribution in [0.2, 0.25) is 0 Å². The average Bonchev–Trinajstić information content (AvgIpc) is 3.35. The molecule has 8 nitrogen and oxygen atoms in total. The third-order valence-corrected chi connectivity index (χ3v) is 8.92. The first kappa shape index (κ1) is 26.7. The number of piperidine rings is 1. The Kier molecular flexibility index (Phi) is 7.49. The first-order valence-electron chi connectivity index (χ1n) is 14.4. The van der Waals surface area contributed by atoms with Gasteiger partial charge in [-0.1, -0.05) is 30.3 Å². The number of ether oxygens (including phenoxy) is 1. The maximum absolute atomic E-state index is 11.5. The number of aromatic nitrogens is 3. The monoisotopic (exact) mass is 540 g/mol. The first-order valence-corrected chi connectivity index (χ1v) is 14.4. The van der Waals surface area contributed by atoms with Crippen molar-refractivity contribution in [2.24, 2.45) is 0 Å². The number of nitrogen functional groups attached to an aromatic ring is 1. The molecule has 0 radical (unpaired) electrons. The van der Waals surface area contributed by atoms with Crippen LogP contribution in [0.25, 0.3) is 22.2 Å². The molecule has 0 bridgehead atoms. The molecule has 1 aliphatic heterocycles. The highest BCUT2D eigenvalue weighted by Crippen LogP contribution is 2.41. The Balaban J connectivity index is 1.19. The molecule has 8 heteroatoms. The molecule has 0 amide bonds. The number of aliphatic hydroxyl groups is 1. The fourth-order valence-corrected chi connectivity index (χ4v) is 6.54. The van der Waals surface area contributed by atoms with Crippen LogP contribution in [0.3, 0.4) is 0 Å². The van der Waals surface area contributed by atoms with Gasteiger partial charge < -0.3 is 29.9 Å². The molecule has 0 unspecified atom stereocenters. The van der Waals surface area contributed by atoms with Gasteiger partial charge in [-0.2, -0.15) is 0 Å². The summed E-state index contributed by atoms with van der Waals surface area (Å²) >= 11 is 0. The van der Waals surface area contributed by atoms with Crippen molar-refractivity contribution in [1.29, 1.82) is 0 Å². The summed E-state index contributed by atoms with van der Waals surface area (Å²) in [7, 11) is 4.37. The van der Waals surface area contributed by atoms with Gasteiger partial charge in [-0.3, -0.25) is 0 Å². The Hall–Kier alpha value is -3.46. The number of likely N-dealkylation sites (tertiary alicyclic amines) is 1. The summed E-state index contributed by atoms with van der Waals surface area (Å²) in [5, 5.41) is 12.4. The molecule has 1 saturated carbocycles. The lowest BCUT2D eigenvalue weighted by atomic mass is 9.81. The lowest BCUT2D eigenvalue weighted by molar-refractivity contribution is -0.0420. The van der Waals surface area contributed by atoms with E-state index in [-0.39, 0.29) is 6.04 Å². The minimum absolute atomic E-state index is 0.250. The Labute approximate surface area is 236 Å². The predicted octanol–water partition coefficient (Wildman–Crippen LogP) is 5.35. The van der Waals surface area contributed by atoms with Gasteiger partial charge in [-0.05, 0) is 95.5 Å². The SMILES string of the molecule is CN1CCC(N(C)CC2(O)CCC(n3cc(-c4ccc(Oc5ccccc5)cc4)c4c(N)ncnc43)CC2)CC1. The summed E-state index contributed by atoms with van der Waals surface area (Å²) in [6.07, 6.45) is 9.40. The number of anilines is 1. The van der Waals surface area contributed by atoms with Crippen molar-refractivity contribution in [3.8, 4) is 22.6 Å². The summed E-state index contributed by atoms with van der Waals surface area (Å²) in [5.74, 6) is 2.06. The van der Waals surface area contributed by atoms with Crippen LogP contribution in [-0.2, 0) is 0 Å². The number of nitrogens with zero attached hydrogens (tertiary/aromatic N) is 5. The van der Waals surface area contributed by atoms with E-state index in [0.717, 1.165) is 79.0 Å². The summed E-state index contributed by atoms with van der Waals surface area (Å²) in [6.45, 7) is 3.00. The molecule has 3 heterocycles. The van der Waals surface area contributed by atoms with Gasteiger partial charge in [0.2, 0.25) is 0 Å². The zero-order chi connectivity index (χ0) is 27.7. The Morgan fingerprint density at radius 3 is 2.35 bits per heavy atom. The first-order chi connectivity index (χ1) is 19.4. The molecule has 1 aliphatic carbocycles. The van der Waals surface area contributed by atoms with Crippen molar-refractivity contribution in [1.82, 2.24) is 24.3 Å². The third kappa shape index (κ3) is 5.57. The van der Waals surface area contributed by atoms with E-state index in [2.05, 4.69) is 56.8 Å². The minimum atomic E-state index is -0.650. The second-order valence-corrected chi connectivity index (χ2v) is 11.8. The van der Waals surface area contributed by atoms with Gasteiger partial charge in [-0.25, -0.2) is 9.97 Å². The topological polar surface area (TPSA) is 92.7 Å². The molecule has 4 aromatic rings. The Morgan fingerprint density at radius 1 is 0.975 bits per heavy atom. The normalized spacial score (nSPS) is 22.6. The number of rotatable bonds is 7. The molecular weight excluding hydrogens is 500 g/mol. The van der Waals surface area contributed by atoms with Crippen molar-refractivity contribution < 1.29 is 9.84 Å². The van der Waals surface area contributed by atoms with Gasteiger partial charge in [0.25, 0.3) is 0 Å². The maximum atomic E-state index is 11.5. The molecule has 210 valence electrons. The summed E-state index contributed by atoms with van der Waals surface area (Å²) in [6, 6.07) is 18.7. The quantitative estimate of drug-likeness (QED) is 0.327. The number of likely N-dealkylation sites (N-methyl/N-ethyl adjacent to an activating group) is 1. The van der Waals surface area contributed by atoms with Crippen LogP contribution in [0.1, 0.15) is 44.6 Å². The van der Waals surface area contributed by atoms with Crippen LogP contribution in [0.5, 0.6) is 11.5 Å². The molecule has 2 fully saturated rings. The molecule has 2 aromatic carbocycles. The van der Waals surface area contributed by atoms with Gasteiger partial charge in [0.05, 0.1) is 11.0 Å². The second kappa shape index (κ2) is 11.2. The van der Waals surface area contributed by atoms with Crippen molar-refractivity contribution in [3.63, 3.8) is 0 Å². The number of hydrogen-bond acceptors (Lipinski definition) is 7. The lowest BCUT2D eigenvalue weighted by Crippen LogP contribution is -2.50. The largest absolute Gasteiger partial charge is 0.457 e. The molecule has 3 N–H and O–H groups in total. The van der Waals surface area contributed by atoms with Gasteiger partial charge in [0.1, 0.15) is 29.3 Å². The molecule has 6 rings (SSSR count). The van der Waals surface area contributed by atoms with E-state index >= 15 is 0 Å². The van der Waals surface area contributed by atoms with Crippen molar-refractivity contribution in [2.45, 2.75) is 56.2 Å². The molecule has 2 aliphatic rings. The Bertz CT molecular complexity index is 1420. The van der Waals surface area contributed by atoms with E-state index in [1.807, 2.05) is 42.5 Å². The highest BCUT2D eigenvalue weighted by Gasteiger charge is 2.37. The highest BCUT2D eigenvalue weighted by atomic mass is 16.5. The molecular formula is C32H40N6O2. The van der Waals surface area contributed by atoms with E-state index in [4.69, 9.17) is 10.5 Å². The fourth-order valence-electron chi connectivity index (χ4n) is 6.54. The molecule has 40 heavy (non-hydrogen) atoms. The van der Waals surface area contributed by atoms with E-state index < -0.39 is 5.60 Å². The molecule has 0 atom stereocenters. The highest BCUT2D eigenvalue weighted by molar-refractivity contribution is 6.00. The van der Waals surface area contributed by atoms with Gasteiger partial charge in [-0.15, -0.1) is 0 Å². The van der Waals surface area contributed by atoms with Gasteiger partial charge in [0, 0.05) is 30.4 Å². The van der Waals surface area contributed by atoms with E-state index in [0.29, 0.717) is 11.9 Å². The smallest absolute Gasteiger partial charge is 0.146 e. The van der Waals surface area contributed by atoms with E-state index in [1.165, 1.54) is 12.8 Å². The number of fused-ring (bicyclic) bond motifs is 1. The van der Waals surface area contributed by atoms with Crippen LogP contribution < -0.4 is 10.5 Å². The van der Waals surface area contributed by atoms with Crippen molar-refractivity contribution in [2.75, 3.05) is 39.5 Å². The summed E-state index contributed by atoms with van der Waals surface area (Å²) in [4.78, 5) is 13.8. The van der Waals surface area contributed by atoms with Gasteiger partial charge >= 0.3 is 0 Å². The Morgan fingerprint density at radius 2 is 1.65 bits per heavy atom. The summed E-state index contributed by atoms with van der Waals surface area (Å²) < 4.78 is 8.25. The molecule has 0 spiro atoms. The van der Waals surface area contributed by atoms with Crippen LogP contribution in [0, 0.1) is 0 Å². The van der Waals surface area contributed by atoms with Crippen LogP contribution in [-0.4, -0.2) is 74.8 Å². The molecule has 1 saturated heterocycles. The third-order valence-electron chi connectivity index (χ3n) is 8.92. The zero-order valence-corrected chi connectivity index (χ0v) is 23.5. The second-order valence-electron chi connectivity index (χ2n) is 11.8. The number of nitrogens with two attached hydrogens (primary N) is 1. The zero-order valence-electron chi connectivity index (χ0n) is 23.5. The van der Waals surface area contributed by atoms with Crippen LogP contribution in [0.15, 0.2) is 67.1 Å². The van der Waals surface area contributed by atoms with Crippen molar-refractivity contribution in [3.05, 3.63) is 67.1 Å².